The number of carbonyl (C=O) groups is 3. The van der Waals surface area contributed by atoms with E-state index in [1.807, 2.05) is 0 Å². The minimum absolute atomic E-state index is 0.0142. The van der Waals surface area contributed by atoms with Crippen LogP contribution >= 0.6 is 0 Å². The number of ether oxygens (including phenoxy) is 1. The first kappa shape index (κ1) is 23.0. The lowest BCUT2D eigenvalue weighted by atomic mass is 9.82. The summed E-state index contributed by atoms with van der Waals surface area (Å²) in [4.78, 5) is 39.8. The zero-order valence-electron chi connectivity index (χ0n) is 18.0. The van der Waals surface area contributed by atoms with Gasteiger partial charge in [0.1, 0.15) is 0 Å². The maximum Gasteiger partial charge on any atom is 0.305 e. The molecule has 1 fully saturated rings. The highest BCUT2D eigenvalue weighted by atomic mass is 16.5. The minimum Gasteiger partial charge on any atom is -0.469 e. The predicted molar refractivity (Wildman–Crippen MR) is 116 cm³/mol. The number of benzene rings is 1. The summed E-state index contributed by atoms with van der Waals surface area (Å²) in [6, 6.07) is 5.30. The summed E-state index contributed by atoms with van der Waals surface area (Å²) < 4.78 is 4.65. The Balaban J connectivity index is 1.89. The van der Waals surface area contributed by atoms with Crippen LogP contribution in [-0.4, -0.2) is 54.8 Å². The molecule has 1 aromatic carbocycles. The highest BCUT2D eigenvalue weighted by Crippen LogP contribution is 2.47. The molecule has 0 spiro atoms. The number of fused-ring (bicyclic) bond motifs is 1. The van der Waals surface area contributed by atoms with Crippen molar-refractivity contribution in [2.45, 2.75) is 44.6 Å². The Morgan fingerprint density at radius 1 is 1.32 bits per heavy atom. The molecule has 2 heterocycles. The van der Waals surface area contributed by atoms with Crippen molar-refractivity contribution in [2.75, 3.05) is 36.6 Å². The second-order valence-corrected chi connectivity index (χ2v) is 7.98. The average molecular weight is 431 g/mol. The molecule has 0 aromatic heterocycles. The Morgan fingerprint density at radius 2 is 2.10 bits per heavy atom. The van der Waals surface area contributed by atoms with Crippen molar-refractivity contribution in [2.24, 2.45) is 5.92 Å². The van der Waals surface area contributed by atoms with E-state index < -0.39 is 17.4 Å². The number of methoxy groups -OCH3 is 1. The van der Waals surface area contributed by atoms with Crippen LogP contribution in [-0.2, 0) is 24.7 Å². The molecular formula is C23H30N2O6. The first-order valence-corrected chi connectivity index (χ1v) is 10.7. The lowest BCUT2D eigenvalue weighted by Gasteiger charge is -2.32. The van der Waals surface area contributed by atoms with Gasteiger partial charge in [-0.05, 0) is 37.5 Å². The maximum absolute atomic E-state index is 13.4. The van der Waals surface area contributed by atoms with Gasteiger partial charge in [-0.3, -0.25) is 14.4 Å². The lowest BCUT2D eigenvalue weighted by Crippen LogP contribution is -2.45. The molecule has 8 heteroatoms. The number of nitrogens with zero attached hydrogens (tertiary/aromatic N) is 2. The number of carbonyl (C=O) groups excluding carboxylic acids is 3. The van der Waals surface area contributed by atoms with E-state index in [0.29, 0.717) is 55.7 Å². The highest BCUT2D eigenvalue weighted by molar-refractivity contribution is 6.08. The number of unbranched alkanes of at least 4 members (excludes halogenated alkanes) is 1. The second kappa shape index (κ2) is 9.62. The zero-order valence-corrected chi connectivity index (χ0v) is 18.0. The number of rotatable bonds is 10. The van der Waals surface area contributed by atoms with Crippen LogP contribution < -0.4 is 9.80 Å². The van der Waals surface area contributed by atoms with Crippen molar-refractivity contribution in [3.05, 3.63) is 35.9 Å². The topological polar surface area (TPSA) is 107 Å². The Kier molecular flexibility index (Phi) is 7.12. The molecule has 168 valence electrons. The molecule has 2 amide bonds. The monoisotopic (exact) mass is 430 g/mol. The molecular weight excluding hydrogens is 400 g/mol. The van der Waals surface area contributed by atoms with Crippen molar-refractivity contribution in [1.82, 2.24) is 0 Å². The Labute approximate surface area is 182 Å². The lowest BCUT2D eigenvalue weighted by molar-refractivity contribution is -0.140. The molecule has 1 aromatic rings. The minimum atomic E-state index is -1.77. The first-order valence-electron chi connectivity index (χ1n) is 10.7. The zero-order chi connectivity index (χ0) is 22.6. The molecule has 0 bridgehead atoms. The summed E-state index contributed by atoms with van der Waals surface area (Å²) in [5.74, 6) is -1.24. The summed E-state index contributed by atoms with van der Waals surface area (Å²) in [6.45, 7) is 2.73. The van der Waals surface area contributed by atoms with Gasteiger partial charge in [0.05, 0.1) is 12.8 Å². The van der Waals surface area contributed by atoms with Gasteiger partial charge in [-0.1, -0.05) is 19.1 Å². The molecule has 0 saturated carbocycles. The van der Waals surface area contributed by atoms with Gasteiger partial charge in [0.2, 0.25) is 5.91 Å². The third-order valence-corrected chi connectivity index (χ3v) is 6.03. The SMILES string of the molecule is COC(=O)CCCCN1C(=O)[C@](O)([C@H](C)/C=C/CCO)c2cc(N3CCC3=O)ccc21. The van der Waals surface area contributed by atoms with E-state index in [0.717, 1.165) is 0 Å². The maximum atomic E-state index is 13.4. The van der Waals surface area contributed by atoms with Crippen LogP contribution in [0.4, 0.5) is 11.4 Å². The number of anilines is 2. The van der Waals surface area contributed by atoms with Gasteiger partial charge in [0, 0.05) is 49.7 Å². The van der Waals surface area contributed by atoms with Gasteiger partial charge in [0.15, 0.2) is 5.60 Å². The van der Waals surface area contributed by atoms with E-state index in [1.165, 1.54) is 7.11 Å². The van der Waals surface area contributed by atoms with Gasteiger partial charge in [-0.25, -0.2) is 0 Å². The van der Waals surface area contributed by atoms with Gasteiger partial charge >= 0.3 is 5.97 Å². The number of β-lactam (4-membered cyclic amide) rings is 1. The van der Waals surface area contributed by atoms with E-state index in [9.17, 15) is 19.5 Å². The summed E-state index contributed by atoms with van der Waals surface area (Å²) in [5, 5.41) is 20.6. The van der Waals surface area contributed by atoms with Crippen LogP contribution in [0.1, 0.15) is 44.6 Å². The summed E-state index contributed by atoms with van der Waals surface area (Å²) in [7, 11) is 1.34. The highest BCUT2D eigenvalue weighted by Gasteiger charge is 2.52. The molecule has 8 nitrogen and oxygen atoms in total. The van der Waals surface area contributed by atoms with Crippen molar-refractivity contribution in [3.63, 3.8) is 0 Å². The molecule has 0 radical (unpaired) electrons. The third-order valence-electron chi connectivity index (χ3n) is 6.03. The molecule has 3 rings (SSSR count). The van der Waals surface area contributed by atoms with Crippen molar-refractivity contribution in [3.8, 4) is 0 Å². The standard InChI is InChI=1S/C23H30N2O6/c1-16(7-4-6-14-26)23(30)18-15-17(24-13-11-20(24)27)9-10-19(18)25(22(23)29)12-5-3-8-21(28)31-2/h4,7,9-10,15-16,26,30H,3,5-6,8,11-14H2,1-2H3/b7-4+/t16-,23+/m1/s1. The fourth-order valence-electron chi connectivity index (χ4n) is 4.07. The molecule has 2 atom stereocenters. The summed E-state index contributed by atoms with van der Waals surface area (Å²) in [5.41, 5.74) is -0.0121. The predicted octanol–water partition coefficient (Wildman–Crippen LogP) is 1.88. The Hall–Kier alpha value is -2.71. The number of hydrogen-bond donors (Lipinski definition) is 2. The Bertz CT molecular complexity index is 883. The van der Waals surface area contributed by atoms with Crippen molar-refractivity contribution in [1.29, 1.82) is 0 Å². The second-order valence-electron chi connectivity index (χ2n) is 7.98. The largest absolute Gasteiger partial charge is 0.469 e. The van der Waals surface area contributed by atoms with Crippen LogP contribution in [0.15, 0.2) is 30.4 Å². The van der Waals surface area contributed by atoms with Gasteiger partial charge in [-0.15, -0.1) is 0 Å². The summed E-state index contributed by atoms with van der Waals surface area (Å²) >= 11 is 0. The van der Waals surface area contributed by atoms with Crippen LogP contribution in [0.25, 0.3) is 0 Å². The fourth-order valence-corrected chi connectivity index (χ4v) is 4.07. The Morgan fingerprint density at radius 3 is 2.71 bits per heavy atom. The van der Waals surface area contributed by atoms with Crippen LogP contribution in [0.2, 0.25) is 0 Å². The summed E-state index contributed by atoms with van der Waals surface area (Å²) in [6.07, 6.45) is 5.82. The van der Waals surface area contributed by atoms with Crippen molar-refractivity contribution >= 4 is 29.2 Å². The fraction of sp³-hybridized carbons (Fsp3) is 0.522. The molecule has 0 unspecified atom stereocenters. The van der Waals surface area contributed by atoms with E-state index in [4.69, 9.17) is 5.11 Å². The van der Waals surface area contributed by atoms with E-state index in [2.05, 4.69) is 4.74 Å². The molecule has 31 heavy (non-hydrogen) atoms. The molecule has 2 aliphatic heterocycles. The van der Waals surface area contributed by atoms with E-state index in [-0.39, 0.29) is 24.9 Å². The number of hydrogen-bond acceptors (Lipinski definition) is 6. The number of amides is 2. The van der Waals surface area contributed by atoms with Gasteiger partial charge < -0.3 is 24.7 Å². The normalized spacial score (nSPS) is 21.4. The van der Waals surface area contributed by atoms with Crippen LogP contribution in [0.3, 0.4) is 0 Å². The number of aliphatic hydroxyl groups excluding tert-OH is 1. The smallest absolute Gasteiger partial charge is 0.305 e. The number of esters is 1. The molecule has 1 saturated heterocycles. The van der Waals surface area contributed by atoms with Crippen LogP contribution in [0.5, 0.6) is 0 Å². The van der Waals surface area contributed by atoms with Crippen LogP contribution in [0, 0.1) is 5.92 Å². The average Bonchev–Trinajstić information content (AvgIpc) is 2.97. The van der Waals surface area contributed by atoms with E-state index >= 15 is 0 Å². The van der Waals surface area contributed by atoms with E-state index in [1.54, 1.807) is 47.1 Å². The first-order chi connectivity index (χ1) is 14.8. The molecule has 0 aliphatic carbocycles. The van der Waals surface area contributed by atoms with Crippen molar-refractivity contribution < 1.29 is 29.3 Å². The quantitative estimate of drug-likeness (QED) is 0.254. The van der Waals surface area contributed by atoms with Gasteiger partial charge in [0.25, 0.3) is 5.91 Å². The molecule has 2 N–H and O–H groups in total. The van der Waals surface area contributed by atoms with Gasteiger partial charge in [-0.2, -0.15) is 0 Å². The number of aliphatic hydroxyl groups is 2. The third kappa shape index (κ3) is 4.36. The molecule has 2 aliphatic rings.